The maximum Gasteiger partial charge on any atom is 0.258 e. The average Bonchev–Trinajstić information content (AvgIpc) is 3.23. The van der Waals surface area contributed by atoms with Crippen LogP contribution in [0.4, 0.5) is 11.4 Å². The van der Waals surface area contributed by atoms with Crippen LogP contribution in [-0.4, -0.2) is 24.9 Å². The summed E-state index contributed by atoms with van der Waals surface area (Å²) in [5, 5.41) is 0. The van der Waals surface area contributed by atoms with Crippen LogP contribution >= 0.6 is 0 Å². The monoisotopic (exact) mass is 334 g/mol. The highest BCUT2D eigenvalue weighted by Crippen LogP contribution is 2.33. The summed E-state index contributed by atoms with van der Waals surface area (Å²) in [6.45, 7) is 5.38. The number of rotatable bonds is 2. The minimum Gasteiger partial charge on any atom is -0.312 e. The van der Waals surface area contributed by atoms with Gasteiger partial charge in [0.2, 0.25) is 5.91 Å². The molecule has 0 saturated carbocycles. The van der Waals surface area contributed by atoms with Crippen LogP contribution in [0.5, 0.6) is 0 Å². The van der Waals surface area contributed by atoms with E-state index in [2.05, 4.69) is 25.1 Å². The van der Waals surface area contributed by atoms with E-state index < -0.39 is 0 Å². The molecule has 0 aromatic heterocycles. The predicted octanol–water partition coefficient (Wildman–Crippen LogP) is 3.50. The third-order valence-electron chi connectivity index (χ3n) is 5.21. The number of benzene rings is 2. The summed E-state index contributed by atoms with van der Waals surface area (Å²) in [7, 11) is 0. The van der Waals surface area contributed by atoms with Gasteiger partial charge < -0.3 is 9.80 Å². The molecule has 2 aliphatic heterocycles. The average molecular weight is 334 g/mol. The van der Waals surface area contributed by atoms with E-state index in [1.807, 2.05) is 34.9 Å². The van der Waals surface area contributed by atoms with Gasteiger partial charge in [0, 0.05) is 36.4 Å². The summed E-state index contributed by atoms with van der Waals surface area (Å²) in [6.07, 6.45) is 2.23. The van der Waals surface area contributed by atoms with Crippen molar-refractivity contribution in [3.05, 3.63) is 58.7 Å². The maximum atomic E-state index is 13.0. The molecular weight excluding hydrogens is 312 g/mol. The van der Waals surface area contributed by atoms with Gasteiger partial charge in [0.1, 0.15) is 0 Å². The van der Waals surface area contributed by atoms with Crippen molar-refractivity contribution in [3.8, 4) is 0 Å². The minimum absolute atomic E-state index is 0.0485. The van der Waals surface area contributed by atoms with E-state index in [0.29, 0.717) is 18.5 Å². The lowest BCUT2D eigenvalue weighted by atomic mass is 10.1. The zero-order valence-corrected chi connectivity index (χ0v) is 14.7. The predicted molar refractivity (Wildman–Crippen MR) is 99.3 cm³/mol. The van der Waals surface area contributed by atoms with Crippen LogP contribution in [0, 0.1) is 6.92 Å². The summed E-state index contributed by atoms with van der Waals surface area (Å²) in [5.41, 5.74) is 6.20. The summed E-state index contributed by atoms with van der Waals surface area (Å²) >= 11 is 0. The van der Waals surface area contributed by atoms with Gasteiger partial charge in [-0.2, -0.15) is 0 Å². The molecule has 0 fully saturated rings. The van der Waals surface area contributed by atoms with Crippen LogP contribution in [0.15, 0.2) is 36.4 Å². The molecule has 2 aromatic rings. The number of fused-ring (bicyclic) bond motifs is 2. The molecule has 0 N–H and O–H groups in total. The zero-order valence-electron chi connectivity index (χ0n) is 14.7. The Hall–Kier alpha value is -2.62. The van der Waals surface area contributed by atoms with Crippen LogP contribution in [0.2, 0.25) is 0 Å². The number of nitrogens with zero attached hydrogens (tertiary/aromatic N) is 2. The molecule has 0 spiro atoms. The van der Waals surface area contributed by atoms with Crippen molar-refractivity contribution >= 4 is 23.2 Å². The molecule has 2 amide bonds. The van der Waals surface area contributed by atoms with Crippen molar-refractivity contribution in [2.45, 2.75) is 33.1 Å². The number of carbonyl (C=O) groups excluding carboxylic acids is 2. The van der Waals surface area contributed by atoms with E-state index in [9.17, 15) is 9.59 Å². The van der Waals surface area contributed by atoms with Gasteiger partial charge in [0.15, 0.2) is 0 Å². The second-order valence-corrected chi connectivity index (χ2v) is 6.83. The Morgan fingerprint density at radius 3 is 2.48 bits per heavy atom. The summed E-state index contributed by atoms with van der Waals surface area (Å²) in [6, 6.07) is 12.1. The third kappa shape index (κ3) is 2.62. The molecule has 2 aliphatic rings. The maximum absolute atomic E-state index is 13.0. The van der Waals surface area contributed by atoms with Crippen LogP contribution in [-0.2, 0) is 17.6 Å². The van der Waals surface area contributed by atoms with Crippen LogP contribution in [0.1, 0.15) is 40.4 Å². The smallest absolute Gasteiger partial charge is 0.258 e. The van der Waals surface area contributed by atoms with E-state index >= 15 is 0 Å². The molecule has 2 aromatic carbocycles. The lowest BCUT2D eigenvalue weighted by molar-refractivity contribution is -0.118. The standard InChI is InChI=1S/C21H22N2O2/c1-3-20(24)22-10-9-16-13-17(6-7-18(16)22)21(25)23-11-8-15-5-4-14(2)12-19(15)23/h4-7,12-13H,3,8-11H2,1-2H3. The number of anilines is 2. The number of carbonyl (C=O) groups is 2. The van der Waals surface area contributed by atoms with Crippen molar-refractivity contribution in [2.75, 3.05) is 22.9 Å². The van der Waals surface area contributed by atoms with E-state index in [1.165, 1.54) is 11.1 Å². The first kappa shape index (κ1) is 15.9. The molecule has 4 rings (SSSR count). The lowest BCUT2D eigenvalue weighted by Crippen LogP contribution is -2.29. The van der Waals surface area contributed by atoms with E-state index in [-0.39, 0.29) is 11.8 Å². The fourth-order valence-corrected chi connectivity index (χ4v) is 3.84. The molecule has 4 heteroatoms. The van der Waals surface area contributed by atoms with Crippen LogP contribution in [0.3, 0.4) is 0 Å². The molecule has 128 valence electrons. The molecule has 4 nitrogen and oxygen atoms in total. The van der Waals surface area contributed by atoms with Crippen molar-refractivity contribution in [1.29, 1.82) is 0 Å². The van der Waals surface area contributed by atoms with Gasteiger partial charge in [-0.25, -0.2) is 0 Å². The van der Waals surface area contributed by atoms with Gasteiger partial charge in [-0.15, -0.1) is 0 Å². The van der Waals surface area contributed by atoms with Crippen molar-refractivity contribution < 1.29 is 9.59 Å². The minimum atomic E-state index is 0.0485. The Morgan fingerprint density at radius 1 is 0.920 bits per heavy atom. The summed E-state index contributed by atoms with van der Waals surface area (Å²) < 4.78 is 0. The van der Waals surface area contributed by atoms with E-state index in [4.69, 9.17) is 0 Å². The zero-order chi connectivity index (χ0) is 17.6. The SMILES string of the molecule is CCC(=O)N1CCc2cc(C(=O)N3CCc4ccc(C)cc43)ccc21. The van der Waals surface area contributed by atoms with Crippen LogP contribution < -0.4 is 9.80 Å². The molecular formula is C21H22N2O2. The molecule has 0 bridgehead atoms. The molecule has 0 aliphatic carbocycles. The van der Waals surface area contributed by atoms with Crippen LogP contribution in [0.25, 0.3) is 0 Å². The summed E-state index contributed by atoms with van der Waals surface area (Å²) in [4.78, 5) is 28.8. The Balaban J connectivity index is 1.63. The highest BCUT2D eigenvalue weighted by atomic mass is 16.2. The fourth-order valence-electron chi connectivity index (χ4n) is 3.84. The highest BCUT2D eigenvalue weighted by molar-refractivity contribution is 6.08. The number of amides is 2. The first-order valence-electron chi connectivity index (χ1n) is 8.93. The Morgan fingerprint density at radius 2 is 1.68 bits per heavy atom. The first-order valence-corrected chi connectivity index (χ1v) is 8.93. The molecule has 2 heterocycles. The number of aryl methyl sites for hydroxylation is 1. The highest BCUT2D eigenvalue weighted by Gasteiger charge is 2.28. The van der Waals surface area contributed by atoms with Crippen molar-refractivity contribution in [1.82, 2.24) is 0 Å². The number of hydrogen-bond acceptors (Lipinski definition) is 2. The molecule has 0 unspecified atom stereocenters. The lowest BCUT2D eigenvalue weighted by Gasteiger charge is -2.19. The Labute approximate surface area is 148 Å². The van der Waals surface area contributed by atoms with Gasteiger partial charge in [-0.3, -0.25) is 9.59 Å². The third-order valence-corrected chi connectivity index (χ3v) is 5.21. The topological polar surface area (TPSA) is 40.6 Å². The molecule has 25 heavy (non-hydrogen) atoms. The van der Waals surface area contributed by atoms with Gasteiger partial charge in [-0.1, -0.05) is 19.1 Å². The quantitative estimate of drug-likeness (QED) is 0.843. The normalized spacial score (nSPS) is 15.3. The second-order valence-electron chi connectivity index (χ2n) is 6.83. The summed E-state index contributed by atoms with van der Waals surface area (Å²) in [5.74, 6) is 0.189. The van der Waals surface area contributed by atoms with Crippen molar-refractivity contribution in [2.24, 2.45) is 0 Å². The van der Waals surface area contributed by atoms with Gasteiger partial charge in [-0.05, 0) is 60.7 Å². The Bertz CT molecular complexity index is 872. The first-order chi connectivity index (χ1) is 12.1. The fraction of sp³-hybridized carbons (Fsp3) is 0.333. The second kappa shape index (κ2) is 6.03. The van der Waals surface area contributed by atoms with Gasteiger partial charge >= 0.3 is 0 Å². The van der Waals surface area contributed by atoms with Gasteiger partial charge in [0.05, 0.1) is 0 Å². The van der Waals surface area contributed by atoms with E-state index in [1.54, 1.807) is 0 Å². The largest absolute Gasteiger partial charge is 0.312 e. The number of hydrogen-bond donors (Lipinski definition) is 0. The molecule has 0 atom stereocenters. The Kier molecular flexibility index (Phi) is 3.83. The van der Waals surface area contributed by atoms with E-state index in [0.717, 1.165) is 36.3 Å². The molecule has 0 saturated heterocycles. The molecule has 0 radical (unpaired) electrons. The van der Waals surface area contributed by atoms with Gasteiger partial charge in [0.25, 0.3) is 5.91 Å². The van der Waals surface area contributed by atoms with Crippen molar-refractivity contribution in [3.63, 3.8) is 0 Å².